The van der Waals surface area contributed by atoms with Crippen molar-refractivity contribution in [1.29, 1.82) is 5.26 Å². The van der Waals surface area contributed by atoms with Crippen molar-refractivity contribution in [2.75, 3.05) is 5.75 Å². The topological polar surface area (TPSA) is 62.7 Å². The summed E-state index contributed by atoms with van der Waals surface area (Å²) in [6.07, 6.45) is 1.31. The van der Waals surface area contributed by atoms with Gasteiger partial charge in [-0.2, -0.15) is 22.0 Å². The summed E-state index contributed by atoms with van der Waals surface area (Å²) in [6, 6.07) is 2.12. The predicted octanol–water partition coefficient (Wildman–Crippen LogP) is 2.73. The SMILES string of the molecule is CCSCc1noc(C(C)CCC#N)n1. The Bertz CT molecular complexity index is 332. The maximum Gasteiger partial charge on any atom is 0.229 e. The normalized spacial score (nSPS) is 12.3. The number of hydrogen-bond acceptors (Lipinski definition) is 5. The van der Waals surface area contributed by atoms with Gasteiger partial charge in [-0.3, -0.25) is 0 Å². The van der Waals surface area contributed by atoms with Gasteiger partial charge in [-0.25, -0.2) is 0 Å². The predicted molar refractivity (Wildman–Crippen MR) is 59.4 cm³/mol. The molecule has 4 nitrogen and oxygen atoms in total. The quantitative estimate of drug-likeness (QED) is 0.744. The third kappa shape index (κ3) is 3.92. The molecule has 0 aliphatic rings. The molecule has 0 radical (unpaired) electrons. The molecule has 0 N–H and O–H groups in total. The third-order valence-electron chi connectivity index (χ3n) is 2.03. The Labute approximate surface area is 94.1 Å². The summed E-state index contributed by atoms with van der Waals surface area (Å²) in [5, 5.41) is 12.4. The fourth-order valence-corrected chi connectivity index (χ4v) is 1.63. The highest BCUT2D eigenvalue weighted by Crippen LogP contribution is 2.19. The van der Waals surface area contributed by atoms with Gasteiger partial charge in [0.15, 0.2) is 5.82 Å². The van der Waals surface area contributed by atoms with Crippen LogP contribution in [0, 0.1) is 11.3 Å². The molecular formula is C10H15N3OS. The van der Waals surface area contributed by atoms with Gasteiger partial charge in [0.1, 0.15) is 0 Å². The summed E-state index contributed by atoms with van der Waals surface area (Å²) in [5.41, 5.74) is 0. The molecule has 0 saturated carbocycles. The van der Waals surface area contributed by atoms with E-state index in [1.165, 1.54) is 0 Å². The number of hydrogen-bond donors (Lipinski definition) is 0. The second-order valence-corrected chi connectivity index (χ2v) is 4.56. The highest BCUT2D eigenvalue weighted by atomic mass is 32.2. The molecule has 0 aromatic carbocycles. The second kappa shape index (κ2) is 6.46. The monoisotopic (exact) mass is 225 g/mol. The van der Waals surface area contributed by atoms with E-state index < -0.39 is 0 Å². The van der Waals surface area contributed by atoms with Crippen LogP contribution < -0.4 is 0 Å². The van der Waals surface area contributed by atoms with Crippen LogP contribution in [0.3, 0.4) is 0 Å². The number of rotatable bonds is 6. The first-order valence-corrected chi connectivity index (χ1v) is 6.20. The molecule has 1 aromatic heterocycles. The summed E-state index contributed by atoms with van der Waals surface area (Å²) in [4.78, 5) is 4.29. The van der Waals surface area contributed by atoms with Crippen molar-refractivity contribution in [2.45, 2.75) is 38.4 Å². The average molecular weight is 225 g/mol. The summed E-state index contributed by atoms with van der Waals surface area (Å²) in [5.74, 6) is 3.42. The van der Waals surface area contributed by atoms with E-state index in [0.717, 1.165) is 23.8 Å². The van der Waals surface area contributed by atoms with Crippen LogP contribution >= 0.6 is 11.8 Å². The number of aromatic nitrogens is 2. The first kappa shape index (κ1) is 12.1. The minimum atomic E-state index is 0.178. The van der Waals surface area contributed by atoms with Crippen molar-refractivity contribution >= 4 is 11.8 Å². The Balaban J connectivity index is 2.48. The van der Waals surface area contributed by atoms with Crippen molar-refractivity contribution in [2.24, 2.45) is 0 Å². The van der Waals surface area contributed by atoms with Crippen LogP contribution in [0.5, 0.6) is 0 Å². The van der Waals surface area contributed by atoms with Crippen LogP contribution in [0.15, 0.2) is 4.52 Å². The largest absolute Gasteiger partial charge is 0.339 e. The molecule has 1 unspecified atom stereocenters. The fraction of sp³-hybridized carbons (Fsp3) is 0.700. The zero-order chi connectivity index (χ0) is 11.1. The Morgan fingerprint density at radius 1 is 1.60 bits per heavy atom. The van der Waals surface area contributed by atoms with E-state index >= 15 is 0 Å². The summed E-state index contributed by atoms with van der Waals surface area (Å²) in [6.45, 7) is 4.10. The van der Waals surface area contributed by atoms with Gasteiger partial charge < -0.3 is 4.52 Å². The van der Waals surface area contributed by atoms with E-state index in [1.54, 1.807) is 11.8 Å². The summed E-state index contributed by atoms with van der Waals surface area (Å²) in [7, 11) is 0. The Morgan fingerprint density at radius 2 is 2.40 bits per heavy atom. The molecule has 0 aliphatic carbocycles. The lowest BCUT2D eigenvalue weighted by molar-refractivity contribution is 0.351. The lowest BCUT2D eigenvalue weighted by Gasteiger charge is -2.00. The lowest BCUT2D eigenvalue weighted by atomic mass is 10.1. The molecule has 0 saturated heterocycles. The van der Waals surface area contributed by atoms with Crippen molar-refractivity contribution in [1.82, 2.24) is 10.1 Å². The number of nitrogens with zero attached hydrogens (tertiary/aromatic N) is 3. The Morgan fingerprint density at radius 3 is 3.07 bits per heavy atom. The van der Waals surface area contributed by atoms with E-state index in [-0.39, 0.29) is 5.92 Å². The van der Waals surface area contributed by atoms with E-state index in [9.17, 15) is 0 Å². The average Bonchev–Trinajstić information content (AvgIpc) is 2.71. The van der Waals surface area contributed by atoms with Crippen LogP contribution in [-0.4, -0.2) is 15.9 Å². The zero-order valence-corrected chi connectivity index (χ0v) is 9.88. The molecule has 5 heteroatoms. The molecular weight excluding hydrogens is 210 g/mol. The molecule has 15 heavy (non-hydrogen) atoms. The fourth-order valence-electron chi connectivity index (χ4n) is 1.12. The lowest BCUT2D eigenvalue weighted by Crippen LogP contribution is -1.94. The zero-order valence-electron chi connectivity index (χ0n) is 9.06. The third-order valence-corrected chi connectivity index (χ3v) is 2.90. The summed E-state index contributed by atoms with van der Waals surface area (Å²) < 4.78 is 5.14. The highest BCUT2D eigenvalue weighted by molar-refractivity contribution is 7.98. The second-order valence-electron chi connectivity index (χ2n) is 3.28. The van der Waals surface area contributed by atoms with Gasteiger partial charge in [-0.05, 0) is 12.2 Å². The van der Waals surface area contributed by atoms with Gasteiger partial charge in [-0.1, -0.05) is 19.0 Å². The Hall–Kier alpha value is -1.02. The van der Waals surface area contributed by atoms with Crippen LogP contribution in [-0.2, 0) is 5.75 Å². The molecule has 1 atom stereocenters. The molecule has 0 bridgehead atoms. The molecule has 0 fully saturated rings. The van der Waals surface area contributed by atoms with Gasteiger partial charge in [0.05, 0.1) is 11.8 Å². The summed E-state index contributed by atoms with van der Waals surface area (Å²) >= 11 is 1.77. The number of nitriles is 1. The van der Waals surface area contributed by atoms with Crippen molar-refractivity contribution in [3.63, 3.8) is 0 Å². The van der Waals surface area contributed by atoms with Crippen molar-refractivity contribution in [3.8, 4) is 6.07 Å². The maximum atomic E-state index is 8.46. The van der Waals surface area contributed by atoms with E-state index in [0.29, 0.717) is 12.3 Å². The Kier molecular flexibility index (Phi) is 5.19. The molecule has 82 valence electrons. The highest BCUT2D eigenvalue weighted by Gasteiger charge is 2.13. The van der Waals surface area contributed by atoms with Gasteiger partial charge in [0.25, 0.3) is 0 Å². The first-order valence-electron chi connectivity index (χ1n) is 5.05. The molecule has 0 spiro atoms. The first-order chi connectivity index (χ1) is 7.27. The van der Waals surface area contributed by atoms with Crippen LogP contribution in [0.1, 0.15) is 44.3 Å². The molecule has 1 heterocycles. The molecule has 0 aliphatic heterocycles. The van der Waals surface area contributed by atoms with Crippen LogP contribution in [0.4, 0.5) is 0 Å². The maximum absolute atomic E-state index is 8.46. The van der Waals surface area contributed by atoms with Gasteiger partial charge in [0, 0.05) is 12.3 Å². The van der Waals surface area contributed by atoms with Gasteiger partial charge >= 0.3 is 0 Å². The molecule has 1 aromatic rings. The van der Waals surface area contributed by atoms with E-state index in [2.05, 4.69) is 23.1 Å². The van der Waals surface area contributed by atoms with Crippen molar-refractivity contribution in [3.05, 3.63) is 11.7 Å². The molecule has 1 rings (SSSR count). The smallest absolute Gasteiger partial charge is 0.229 e. The van der Waals surface area contributed by atoms with E-state index in [4.69, 9.17) is 9.78 Å². The van der Waals surface area contributed by atoms with Gasteiger partial charge in [0.2, 0.25) is 5.89 Å². The standard InChI is InChI=1S/C10H15N3OS/c1-3-15-7-9-12-10(14-13-9)8(2)5-4-6-11/h8H,3-5,7H2,1-2H3. The van der Waals surface area contributed by atoms with E-state index in [1.807, 2.05) is 6.92 Å². The van der Waals surface area contributed by atoms with Gasteiger partial charge in [-0.15, -0.1) is 0 Å². The number of thioether (sulfide) groups is 1. The molecule has 0 amide bonds. The minimum absolute atomic E-state index is 0.178. The van der Waals surface area contributed by atoms with Crippen molar-refractivity contribution < 1.29 is 4.52 Å². The van der Waals surface area contributed by atoms with Crippen LogP contribution in [0.25, 0.3) is 0 Å². The minimum Gasteiger partial charge on any atom is -0.339 e. The van der Waals surface area contributed by atoms with Crippen LogP contribution in [0.2, 0.25) is 0 Å².